The zero-order valence-corrected chi connectivity index (χ0v) is 22.8. The fourth-order valence-corrected chi connectivity index (χ4v) is 6.67. The van der Waals surface area contributed by atoms with Gasteiger partial charge in [0, 0.05) is 24.2 Å². The number of rotatable bonds is 8. The molecule has 2 saturated carbocycles. The van der Waals surface area contributed by atoms with Gasteiger partial charge < -0.3 is 30.5 Å². The van der Waals surface area contributed by atoms with E-state index in [2.05, 4.69) is 20.9 Å². The Morgan fingerprint density at radius 3 is 2.15 bits per heavy atom. The van der Waals surface area contributed by atoms with Crippen molar-refractivity contribution >= 4 is 23.3 Å². The van der Waals surface area contributed by atoms with Gasteiger partial charge in [-0.05, 0) is 50.5 Å². The lowest BCUT2D eigenvalue weighted by Crippen LogP contribution is -2.57. The molecular formula is C29H36F2N4O5. The van der Waals surface area contributed by atoms with Crippen molar-refractivity contribution in [2.24, 2.45) is 17.8 Å². The molecule has 1 aromatic carbocycles. The highest BCUT2D eigenvalue weighted by molar-refractivity contribution is 5.87. The molecule has 3 aliphatic rings. The lowest BCUT2D eigenvalue weighted by Gasteiger charge is -2.44. The van der Waals surface area contributed by atoms with Crippen LogP contribution in [0.1, 0.15) is 63.4 Å². The summed E-state index contributed by atoms with van der Waals surface area (Å²) >= 11 is 0. The Morgan fingerprint density at radius 1 is 0.975 bits per heavy atom. The zero-order valence-electron chi connectivity index (χ0n) is 22.8. The molecule has 1 aromatic heterocycles. The predicted molar refractivity (Wildman–Crippen MR) is 144 cm³/mol. The highest BCUT2D eigenvalue weighted by atomic mass is 19.2. The first-order chi connectivity index (χ1) is 19.3. The van der Waals surface area contributed by atoms with Crippen LogP contribution in [-0.2, 0) is 15.3 Å². The number of carbonyl (C=O) groups is 2. The van der Waals surface area contributed by atoms with Crippen molar-refractivity contribution in [3.05, 3.63) is 41.5 Å². The van der Waals surface area contributed by atoms with E-state index < -0.39 is 35.1 Å². The molecule has 1 amide bonds. The number of ether oxygens (including phenoxy) is 2. The Kier molecular flexibility index (Phi) is 8.00. The van der Waals surface area contributed by atoms with Gasteiger partial charge in [0.1, 0.15) is 0 Å². The third-order valence-electron chi connectivity index (χ3n) is 8.68. The van der Waals surface area contributed by atoms with Crippen LogP contribution >= 0.6 is 0 Å². The van der Waals surface area contributed by atoms with Crippen LogP contribution in [0.25, 0.3) is 0 Å². The van der Waals surface area contributed by atoms with E-state index in [9.17, 15) is 23.5 Å². The van der Waals surface area contributed by atoms with E-state index in [0.717, 1.165) is 44.2 Å². The average molecular weight is 559 g/mol. The second-order valence-electron chi connectivity index (χ2n) is 11.1. The van der Waals surface area contributed by atoms with Gasteiger partial charge in [-0.1, -0.05) is 19.3 Å². The van der Waals surface area contributed by atoms with Crippen molar-refractivity contribution in [2.75, 3.05) is 24.9 Å². The molecule has 4 N–H and O–H groups in total. The summed E-state index contributed by atoms with van der Waals surface area (Å²) in [5, 5.41) is 19.3. The summed E-state index contributed by atoms with van der Waals surface area (Å²) < 4.78 is 39.7. The predicted octanol–water partition coefficient (Wildman–Crippen LogP) is 5.02. The molecule has 9 nitrogen and oxygen atoms in total. The number of nitrogens with one attached hydrogen (secondary N) is 3. The number of nitrogens with zero attached hydrogens (tertiary/aromatic N) is 1. The van der Waals surface area contributed by atoms with E-state index in [-0.39, 0.29) is 23.7 Å². The molecule has 0 saturated heterocycles. The van der Waals surface area contributed by atoms with E-state index >= 15 is 0 Å². The monoisotopic (exact) mass is 558 g/mol. The zero-order chi connectivity index (χ0) is 28.4. The van der Waals surface area contributed by atoms with Gasteiger partial charge in [0.25, 0.3) is 0 Å². The third kappa shape index (κ3) is 5.25. The fraction of sp³-hybridized carbons (Fsp3) is 0.552. The van der Waals surface area contributed by atoms with Crippen molar-refractivity contribution in [3.8, 4) is 11.8 Å². The molecule has 11 heteroatoms. The molecule has 0 bridgehead atoms. The van der Waals surface area contributed by atoms with Gasteiger partial charge in [-0.15, -0.1) is 0 Å². The maximum atomic E-state index is 14.4. The van der Waals surface area contributed by atoms with Gasteiger partial charge in [-0.2, -0.15) is 4.98 Å². The highest BCUT2D eigenvalue weighted by Gasteiger charge is 2.54. The number of aromatic nitrogens is 1. The molecular weight excluding hydrogens is 522 g/mol. The second-order valence-corrected chi connectivity index (χ2v) is 11.1. The van der Waals surface area contributed by atoms with Crippen LogP contribution in [0.4, 0.5) is 20.2 Å². The van der Waals surface area contributed by atoms with E-state index in [0.29, 0.717) is 48.5 Å². The van der Waals surface area contributed by atoms with Gasteiger partial charge >= 0.3 is 5.97 Å². The first kappa shape index (κ1) is 27.9. The first-order valence-corrected chi connectivity index (χ1v) is 13.9. The number of methoxy groups -OCH3 is 2. The van der Waals surface area contributed by atoms with Gasteiger partial charge in [-0.25, -0.2) is 8.78 Å². The lowest BCUT2D eigenvalue weighted by molar-refractivity contribution is -0.142. The maximum Gasteiger partial charge on any atom is 0.306 e. The van der Waals surface area contributed by atoms with Crippen molar-refractivity contribution < 1.29 is 33.0 Å². The molecule has 0 spiro atoms. The molecule has 1 atom stereocenters. The number of fused-ring (bicyclic) bond motifs is 1. The normalized spacial score (nSPS) is 22.8. The molecule has 2 fully saturated rings. The number of halogens is 2. The third-order valence-corrected chi connectivity index (χ3v) is 8.68. The van der Waals surface area contributed by atoms with Crippen LogP contribution in [-0.4, -0.2) is 42.2 Å². The number of pyridine rings is 1. The van der Waals surface area contributed by atoms with Crippen molar-refractivity contribution in [3.63, 3.8) is 0 Å². The summed E-state index contributed by atoms with van der Waals surface area (Å²) in [6.07, 6.45) is 6.73. The molecule has 216 valence electrons. The minimum Gasteiger partial charge on any atom is -0.481 e. The summed E-state index contributed by atoms with van der Waals surface area (Å²) in [4.78, 5) is 30.3. The number of hydrogen-bond acceptors (Lipinski definition) is 7. The lowest BCUT2D eigenvalue weighted by atomic mass is 9.71. The topological polar surface area (TPSA) is 122 Å². The number of carboxylic acid groups (broad SMARTS) is 1. The van der Waals surface area contributed by atoms with E-state index in [4.69, 9.17) is 9.47 Å². The van der Waals surface area contributed by atoms with Gasteiger partial charge in [-0.3, -0.25) is 9.59 Å². The number of anilines is 2. The largest absolute Gasteiger partial charge is 0.481 e. The highest BCUT2D eigenvalue weighted by Crippen LogP contribution is 2.51. The van der Waals surface area contributed by atoms with E-state index in [1.54, 1.807) is 12.1 Å². The van der Waals surface area contributed by atoms with E-state index in [1.807, 2.05) is 0 Å². The van der Waals surface area contributed by atoms with Crippen molar-refractivity contribution in [1.29, 1.82) is 0 Å². The van der Waals surface area contributed by atoms with Crippen LogP contribution in [0.5, 0.6) is 11.8 Å². The smallest absolute Gasteiger partial charge is 0.306 e. The van der Waals surface area contributed by atoms with Crippen molar-refractivity contribution in [1.82, 2.24) is 10.3 Å². The summed E-state index contributed by atoms with van der Waals surface area (Å²) in [5.41, 5.74) is -0.176. The molecule has 2 aromatic rings. The SMILES string of the molecule is COc1ccc(C2(C(C(=O)NC3CCC(C(=O)O)CC3)C3CCCCC3)Nc3cc(F)c(F)cc3N2)c(OC)n1. The number of amides is 1. The standard InChI is InChI=1S/C29H36F2N4O5/c1-39-24-13-12-19(27(33-24)40-2)29(34-22-14-20(30)21(31)15-23(22)35-29)25(16-6-4-3-5-7-16)26(36)32-18-10-8-17(9-11-18)28(37)38/h12-18,25,34-35H,3-11H2,1-2H3,(H,32,36)(H,37,38). The summed E-state index contributed by atoms with van der Waals surface area (Å²) in [6, 6.07) is 5.43. The first-order valence-electron chi connectivity index (χ1n) is 13.9. The molecule has 5 rings (SSSR count). The Hall–Kier alpha value is -3.63. The quantitative estimate of drug-likeness (QED) is 0.356. The molecule has 40 heavy (non-hydrogen) atoms. The van der Waals surface area contributed by atoms with Gasteiger partial charge in [0.05, 0.1) is 43.0 Å². The summed E-state index contributed by atoms with van der Waals surface area (Å²) in [7, 11) is 2.96. The van der Waals surface area contributed by atoms with Crippen LogP contribution in [0.2, 0.25) is 0 Å². The molecule has 2 aliphatic carbocycles. The van der Waals surface area contributed by atoms with Gasteiger partial charge in [0.2, 0.25) is 17.7 Å². The number of carbonyl (C=O) groups excluding carboxylic acids is 1. The number of carboxylic acids is 1. The minimum atomic E-state index is -1.34. The van der Waals surface area contributed by atoms with Gasteiger partial charge in [0.15, 0.2) is 17.3 Å². The second kappa shape index (κ2) is 11.5. The Bertz CT molecular complexity index is 1230. The van der Waals surface area contributed by atoms with Crippen molar-refractivity contribution in [2.45, 2.75) is 69.5 Å². The number of benzene rings is 1. The molecule has 2 heterocycles. The number of aliphatic carboxylic acids is 1. The van der Waals surface area contributed by atoms with Crippen LogP contribution in [0, 0.1) is 29.4 Å². The fourth-order valence-electron chi connectivity index (χ4n) is 6.67. The average Bonchev–Trinajstić information content (AvgIpc) is 3.32. The summed E-state index contributed by atoms with van der Waals surface area (Å²) in [5.74, 6) is -3.67. The van der Waals surface area contributed by atoms with Crippen LogP contribution in [0.15, 0.2) is 24.3 Å². The summed E-state index contributed by atoms with van der Waals surface area (Å²) in [6.45, 7) is 0. The Morgan fingerprint density at radius 2 is 1.60 bits per heavy atom. The Labute approximate surface area is 232 Å². The van der Waals surface area contributed by atoms with Crippen LogP contribution in [0.3, 0.4) is 0 Å². The van der Waals surface area contributed by atoms with Crippen LogP contribution < -0.4 is 25.4 Å². The molecule has 1 unspecified atom stereocenters. The minimum absolute atomic E-state index is 0.0556. The maximum absolute atomic E-state index is 14.4. The Balaban J connectivity index is 1.58. The molecule has 0 radical (unpaired) electrons. The molecule has 1 aliphatic heterocycles. The van der Waals surface area contributed by atoms with E-state index in [1.165, 1.54) is 14.2 Å². The number of hydrogen-bond donors (Lipinski definition) is 4.